The van der Waals surface area contributed by atoms with Crippen LogP contribution in [0.4, 0.5) is 5.69 Å². The quantitative estimate of drug-likeness (QED) is 0.504. The summed E-state index contributed by atoms with van der Waals surface area (Å²) in [5, 5.41) is 6.05. The lowest BCUT2D eigenvalue weighted by Gasteiger charge is -2.16. The summed E-state index contributed by atoms with van der Waals surface area (Å²) >= 11 is 13.1. The van der Waals surface area contributed by atoms with Crippen LogP contribution in [0.25, 0.3) is 0 Å². The van der Waals surface area contributed by atoms with Gasteiger partial charge < -0.3 is 19.7 Å². The Hall–Kier alpha value is -2.81. The lowest BCUT2D eigenvalue weighted by atomic mass is 10.3. The van der Waals surface area contributed by atoms with E-state index in [4.69, 9.17) is 32.7 Å². The van der Waals surface area contributed by atoms with Gasteiger partial charge >= 0.3 is 0 Å². The van der Waals surface area contributed by atoms with Gasteiger partial charge in [-0.15, -0.1) is 11.3 Å². The first kappa shape index (κ1) is 22.9. The minimum Gasteiger partial charge on any atom is -0.495 e. The Bertz CT molecular complexity index is 1070. The number of anilines is 1. The number of ether oxygens (including phenoxy) is 2. The van der Waals surface area contributed by atoms with Crippen molar-refractivity contribution in [3.63, 3.8) is 0 Å². The molecule has 0 spiro atoms. The van der Waals surface area contributed by atoms with Gasteiger partial charge in [-0.25, -0.2) is 4.98 Å². The summed E-state index contributed by atoms with van der Waals surface area (Å²) in [4.78, 5) is 30.6. The number of carbonyl (C=O) groups excluding carboxylic acids is 2. The third-order valence-corrected chi connectivity index (χ3v) is 5.42. The van der Waals surface area contributed by atoms with Gasteiger partial charge in [-0.05, 0) is 42.5 Å². The van der Waals surface area contributed by atoms with Gasteiger partial charge in [0.1, 0.15) is 28.8 Å². The molecule has 2 aromatic carbocycles. The number of halogens is 2. The topological polar surface area (TPSA) is 80.8 Å². The smallest absolute Gasteiger partial charge is 0.273 e. The first-order chi connectivity index (χ1) is 14.9. The van der Waals surface area contributed by atoms with Gasteiger partial charge in [0, 0.05) is 22.5 Å². The molecule has 1 aromatic heterocycles. The molecule has 31 heavy (non-hydrogen) atoms. The normalized spacial score (nSPS) is 10.5. The zero-order chi connectivity index (χ0) is 22.4. The van der Waals surface area contributed by atoms with Gasteiger partial charge in [0.05, 0.1) is 19.3 Å². The zero-order valence-electron chi connectivity index (χ0n) is 16.7. The van der Waals surface area contributed by atoms with Crippen LogP contribution in [0.1, 0.15) is 15.5 Å². The van der Waals surface area contributed by atoms with E-state index in [1.165, 1.54) is 30.4 Å². The molecule has 0 radical (unpaired) electrons. The Morgan fingerprint density at radius 1 is 1.13 bits per heavy atom. The number of rotatable bonds is 8. The molecule has 3 rings (SSSR count). The van der Waals surface area contributed by atoms with Crippen molar-refractivity contribution < 1.29 is 19.1 Å². The van der Waals surface area contributed by atoms with E-state index in [1.807, 2.05) is 0 Å². The fourth-order valence-corrected chi connectivity index (χ4v) is 3.58. The molecule has 0 saturated heterocycles. The van der Waals surface area contributed by atoms with Gasteiger partial charge in [-0.1, -0.05) is 23.2 Å². The molecule has 0 unspecified atom stereocenters. The standard InChI is InChI=1S/C21H19Cl2N3O4S/c1-26(10-19(27)24-16-9-14(23)5-8-18(16)29-2)21(28)17-12-31-20(25-17)11-30-15-6-3-13(22)4-7-15/h3-9,12H,10-11H2,1-2H3,(H,24,27). The number of carbonyl (C=O) groups is 2. The molecule has 0 aliphatic heterocycles. The summed E-state index contributed by atoms with van der Waals surface area (Å²) in [6.07, 6.45) is 0. The fraction of sp³-hybridized carbons (Fsp3) is 0.190. The molecule has 10 heteroatoms. The number of nitrogens with zero attached hydrogens (tertiary/aromatic N) is 2. The van der Waals surface area contributed by atoms with Crippen LogP contribution in [0.2, 0.25) is 10.0 Å². The maximum absolute atomic E-state index is 12.6. The van der Waals surface area contributed by atoms with E-state index >= 15 is 0 Å². The van der Waals surface area contributed by atoms with Crippen molar-refractivity contribution in [1.82, 2.24) is 9.88 Å². The number of nitrogens with one attached hydrogen (secondary N) is 1. The Labute approximate surface area is 193 Å². The second-order valence-corrected chi connectivity index (χ2v) is 8.24. The molecule has 2 amide bonds. The van der Waals surface area contributed by atoms with Crippen LogP contribution in [-0.2, 0) is 11.4 Å². The number of hydrogen-bond donors (Lipinski definition) is 1. The summed E-state index contributed by atoms with van der Waals surface area (Å²) in [6.45, 7) is 0.0565. The van der Waals surface area contributed by atoms with Crippen LogP contribution in [-0.4, -0.2) is 42.4 Å². The Morgan fingerprint density at radius 2 is 1.84 bits per heavy atom. The summed E-state index contributed by atoms with van der Waals surface area (Å²) < 4.78 is 10.8. The van der Waals surface area contributed by atoms with E-state index in [-0.39, 0.29) is 24.8 Å². The molecule has 0 aliphatic rings. The van der Waals surface area contributed by atoms with Gasteiger partial charge in [-0.3, -0.25) is 9.59 Å². The Kier molecular flexibility index (Phi) is 7.73. The SMILES string of the molecule is COc1ccc(Cl)cc1NC(=O)CN(C)C(=O)c1csc(COc2ccc(Cl)cc2)n1. The molecule has 0 bridgehead atoms. The number of hydrogen-bond acceptors (Lipinski definition) is 6. The second-order valence-electron chi connectivity index (χ2n) is 6.42. The highest BCUT2D eigenvalue weighted by atomic mass is 35.5. The van der Waals surface area contributed by atoms with Gasteiger partial charge in [0.2, 0.25) is 5.91 Å². The van der Waals surface area contributed by atoms with Crippen molar-refractivity contribution in [3.05, 3.63) is 68.6 Å². The predicted molar refractivity (Wildman–Crippen MR) is 121 cm³/mol. The van der Waals surface area contributed by atoms with E-state index in [0.29, 0.717) is 32.2 Å². The molecule has 0 fully saturated rings. The zero-order valence-corrected chi connectivity index (χ0v) is 19.1. The number of methoxy groups -OCH3 is 1. The van der Waals surface area contributed by atoms with Crippen molar-refractivity contribution in [2.24, 2.45) is 0 Å². The summed E-state index contributed by atoms with van der Waals surface area (Å²) in [7, 11) is 3.02. The lowest BCUT2D eigenvalue weighted by Crippen LogP contribution is -2.35. The van der Waals surface area contributed by atoms with Crippen LogP contribution in [0.3, 0.4) is 0 Å². The average Bonchev–Trinajstić information content (AvgIpc) is 3.22. The van der Waals surface area contributed by atoms with Crippen LogP contribution in [0.5, 0.6) is 11.5 Å². The Morgan fingerprint density at radius 3 is 2.55 bits per heavy atom. The molecule has 0 atom stereocenters. The van der Waals surface area contributed by atoms with Crippen LogP contribution >= 0.6 is 34.5 Å². The molecule has 162 valence electrons. The molecule has 1 N–H and O–H groups in total. The molecule has 3 aromatic rings. The van der Waals surface area contributed by atoms with E-state index in [9.17, 15) is 9.59 Å². The van der Waals surface area contributed by atoms with Crippen LogP contribution < -0.4 is 14.8 Å². The van der Waals surface area contributed by atoms with E-state index in [1.54, 1.807) is 47.8 Å². The summed E-state index contributed by atoms with van der Waals surface area (Å²) in [6, 6.07) is 11.8. The van der Waals surface area contributed by atoms with Crippen molar-refractivity contribution in [1.29, 1.82) is 0 Å². The maximum atomic E-state index is 12.6. The average molecular weight is 480 g/mol. The number of likely N-dealkylation sites (N-methyl/N-ethyl adjacent to an activating group) is 1. The first-order valence-electron chi connectivity index (χ1n) is 9.07. The minimum absolute atomic E-state index is 0.164. The van der Waals surface area contributed by atoms with Gasteiger partial charge in [-0.2, -0.15) is 0 Å². The maximum Gasteiger partial charge on any atom is 0.273 e. The number of benzene rings is 2. The van der Waals surface area contributed by atoms with Crippen molar-refractivity contribution in [3.8, 4) is 11.5 Å². The highest BCUT2D eigenvalue weighted by Crippen LogP contribution is 2.27. The third kappa shape index (κ3) is 6.33. The molecular weight excluding hydrogens is 461 g/mol. The predicted octanol–water partition coefficient (Wildman–Crippen LogP) is 4.75. The monoisotopic (exact) mass is 479 g/mol. The largest absolute Gasteiger partial charge is 0.495 e. The molecule has 0 saturated carbocycles. The van der Waals surface area contributed by atoms with E-state index < -0.39 is 5.91 Å². The van der Waals surface area contributed by atoms with Gasteiger partial charge in [0.25, 0.3) is 5.91 Å². The number of thiazole rings is 1. The molecule has 7 nitrogen and oxygen atoms in total. The Balaban J connectivity index is 1.55. The van der Waals surface area contributed by atoms with Crippen molar-refractivity contribution >= 4 is 52.0 Å². The summed E-state index contributed by atoms with van der Waals surface area (Å²) in [5.41, 5.74) is 0.673. The summed E-state index contributed by atoms with van der Waals surface area (Å²) in [5.74, 6) is 0.356. The first-order valence-corrected chi connectivity index (χ1v) is 10.7. The number of amides is 2. The van der Waals surface area contributed by atoms with Crippen LogP contribution in [0, 0.1) is 0 Å². The van der Waals surface area contributed by atoms with E-state index in [2.05, 4.69) is 10.3 Å². The highest BCUT2D eigenvalue weighted by Gasteiger charge is 2.19. The molecular formula is C21H19Cl2N3O4S. The van der Waals surface area contributed by atoms with Gasteiger partial charge in [0.15, 0.2) is 0 Å². The minimum atomic E-state index is -0.391. The van der Waals surface area contributed by atoms with Crippen LogP contribution in [0.15, 0.2) is 47.8 Å². The second kappa shape index (κ2) is 10.5. The fourth-order valence-electron chi connectivity index (χ4n) is 2.60. The number of aromatic nitrogens is 1. The lowest BCUT2D eigenvalue weighted by molar-refractivity contribution is -0.116. The third-order valence-electron chi connectivity index (χ3n) is 4.11. The van der Waals surface area contributed by atoms with Crippen molar-refractivity contribution in [2.75, 3.05) is 26.0 Å². The van der Waals surface area contributed by atoms with Crippen molar-refractivity contribution in [2.45, 2.75) is 6.61 Å². The van der Waals surface area contributed by atoms with E-state index in [0.717, 1.165) is 0 Å². The molecule has 0 aliphatic carbocycles. The molecule has 1 heterocycles. The highest BCUT2D eigenvalue weighted by molar-refractivity contribution is 7.09.